The number of hydrogen-bond acceptors (Lipinski definition) is 2. The van der Waals surface area contributed by atoms with Gasteiger partial charge in [-0.25, -0.2) is 0 Å². The van der Waals surface area contributed by atoms with Crippen LogP contribution in [0.4, 0.5) is 5.69 Å². The number of methoxy groups -OCH3 is 1. The molecule has 0 amide bonds. The second-order valence-electron chi connectivity index (χ2n) is 3.47. The molecule has 0 aromatic heterocycles. The normalized spacial score (nSPS) is 14.7. The van der Waals surface area contributed by atoms with E-state index < -0.39 is 0 Å². The van der Waals surface area contributed by atoms with Gasteiger partial charge >= 0.3 is 0 Å². The number of para-hydroxylation sites is 1. The van der Waals surface area contributed by atoms with E-state index in [4.69, 9.17) is 4.74 Å². The van der Waals surface area contributed by atoms with Crippen LogP contribution in [-0.2, 0) is 4.74 Å². The summed E-state index contributed by atoms with van der Waals surface area (Å²) in [5.74, 6) is 0. The van der Waals surface area contributed by atoms with Crippen LogP contribution in [0.1, 0.15) is 13.8 Å². The van der Waals surface area contributed by atoms with Gasteiger partial charge in [0, 0.05) is 22.1 Å². The number of anilines is 1. The van der Waals surface area contributed by atoms with Crippen molar-refractivity contribution in [3.63, 3.8) is 0 Å². The van der Waals surface area contributed by atoms with Crippen molar-refractivity contribution < 1.29 is 4.74 Å². The van der Waals surface area contributed by atoms with E-state index in [-0.39, 0.29) is 12.1 Å². The van der Waals surface area contributed by atoms with E-state index in [1.165, 1.54) is 0 Å². The fraction of sp³-hybridized carbons (Fsp3) is 0.455. The largest absolute Gasteiger partial charge is 0.380 e. The molecular formula is C11H15Br2NO. The van der Waals surface area contributed by atoms with Gasteiger partial charge in [-0.15, -0.1) is 0 Å². The standard InChI is InChI=1S/C11H15Br2NO/c1-7(8(2)15-3)14-11-9(12)5-4-6-10(11)13/h4-8,14H,1-3H3. The number of nitrogens with one attached hydrogen (secondary N) is 1. The average molecular weight is 337 g/mol. The Balaban J connectivity index is 2.80. The van der Waals surface area contributed by atoms with Crippen LogP contribution in [0.5, 0.6) is 0 Å². The Morgan fingerprint density at radius 3 is 2.20 bits per heavy atom. The fourth-order valence-electron chi connectivity index (χ4n) is 1.18. The summed E-state index contributed by atoms with van der Waals surface area (Å²) in [6.45, 7) is 4.14. The average Bonchev–Trinajstić information content (AvgIpc) is 2.22. The molecule has 84 valence electrons. The van der Waals surface area contributed by atoms with Crippen molar-refractivity contribution in [1.29, 1.82) is 0 Å². The van der Waals surface area contributed by atoms with E-state index >= 15 is 0 Å². The molecule has 0 saturated carbocycles. The molecular weight excluding hydrogens is 322 g/mol. The first kappa shape index (κ1) is 13.0. The lowest BCUT2D eigenvalue weighted by Crippen LogP contribution is -2.29. The molecule has 1 N–H and O–H groups in total. The Kier molecular flexibility index (Phi) is 5.09. The lowest BCUT2D eigenvalue weighted by Gasteiger charge is -2.22. The minimum atomic E-state index is 0.170. The molecule has 2 unspecified atom stereocenters. The number of benzene rings is 1. The summed E-state index contributed by atoms with van der Waals surface area (Å²) in [5, 5.41) is 3.41. The van der Waals surface area contributed by atoms with Crippen molar-refractivity contribution in [3.8, 4) is 0 Å². The monoisotopic (exact) mass is 335 g/mol. The Morgan fingerprint density at radius 2 is 1.73 bits per heavy atom. The van der Waals surface area contributed by atoms with Crippen LogP contribution in [0.25, 0.3) is 0 Å². The molecule has 4 heteroatoms. The lowest BCUT2D eigenvalue weighted by molar-refractivity contribution is 0.106. The van der Waals surface area contributed by atoms with Crippen molar-refractivity contribution in [2.45, 2.75) is 26.0 Å². The summed E-state index contributed by atoms with van der Waals surface area (Å²) in [6.07, 6.45) is 0.170. The van der Waals surface area contributed by atoms with Crippen molar-refractivity contribution in [2.75, 3.05) is 12.4 Å². The van der Waals surface area contributed by atoms with Gasteiger partial charge in [0.25, 0.3) is 0 Å². The number of hydrogen-bond donors (Lipinski definition) is 1. The first-order chi connectivity index (χ1) is 7.06. The molecule has 0 bridgehead atoms. The molecule has 0 aliphatic rings. The quantitative estimate of drug-likeness (QED) is 0.895. The lowest BCUT2D eigenvalue weighted by atomic mass is 10.2. The molecule has 0 spiro atoms. The molecule has 0 fully saturated rings. The Labute approximate surface area is 108 Å². The highest BCUT2D eigenvalue weighted by molar-refractivity contribution is 9.11. The van der Waals surface area contributed by atoms with Gasteiger partial charge in [0.2, 0.25) is 0 Å². The smallest absolute Gasteiger partial charge is 0.0741 e. The zero-order valence-corrected chi connectivity index (χ0v) is 12.2. The van der Waals surface area contributed by atoms with Gasteiger partial charge < -0.3 is 10.1 Å². The summed E-state index contributed by atoms with van der Waals surface area (Å²) < 4.78 is 7.37. The highest BCUT2D eigenvalue weighted by Crippen LogP contribution is 2.31. The van der Waals surface area contributed by atoms with Gasteiger partial charge in [-0.2, -0.15) is 0 Å². The molecule has 1 rings (SSSR count). The second-order valence-corrected chi connectivity index (χ2v) is 5.18. The Morgan fingerprint density at radius 1 is 1.20 bits per heavy atom. The van der Waals surface area contributed by atoms with Crippen molar-refractivity contribution in [1.82, 2.24) is 0 Å². The van der Waals surface area contributed by atoms with Gasteiger partial charge in [0.15, 0.2) is 0 Å². The molecule has 15 heavy (non-hydrogen) atoms. The second kappa shape index (κ2) is 5.87. The van der Waals surface area contributed by atoms with Gasteiger partial charge in [-0.1, -0.05) is 6.07 Å². The van der Waals surface area contributed by atoms with Crippen LogP contribution >= 0.6 is 31.9 Å². The molecule has 1 aromatic carbocycles. The third-order valence-electron chi connectivity index (χ3n) is 2.41. The highest BCUT2D eigenvalue weighted by Gasteiger charge is 2.13. The molecule has 1 aromatic rings. The zero-order valence-electron chi connectivity index (χ0n) is 9.05. The first-order valence-electron chi connectivity index (χ1n) is 4.79. The maximum atomic E-state index is 5.27. The van der Waals surface area contributed by atoms with Crippen LogP contribution in [0.3, 0.4) is 0 Å². The van der Waals surface area contributed by atoms with E-state index in [2.05, 4.69) is 44.1 Å². The Bertz CT molecular complexity index is 310. The predicted molar refractivity (Wildman–Crippen MR) is 71.4 cm³/mol. The molecule has 0 heterocycles. The topological polar surface area (TPSA) is 21.3 Å². The van der Waals surface area contributed by atoms with Crippen molar-refractivity contribution in [2.24, 2.45) is 0 Å². The van der Waals surface area contributed by atoms with Crippen LogP contribution in [0.15, 0.2) is 27.1 Å². The van der Waals surface area contributed by atoms with E-state index in [1.807, 2.05) is 25.1 Å². The van der Waals surface area contributed by atoms with E-state index in [0.717, 1.165) is 14.6 Å². The highest BCUT2D eigenvalue weighted by atomic mass is 79.9. The van der Waals surface area contributed by atoms with Gasteiger partial charge in [0.05, 0.1) is 11.8 Å². The fourth-order valence-corrected chi connectivity index (χ4v) is 2.41. The number of ether oxygens (including phenoxy) is 1. The third kappa shape index (κ3) is 3.47. The van der Waals surface area contributed by atoms with Crippen LogP contribution in [0.2, 0.25) is 0 Å². The number of halogens is 2. The summed E-state index contributed by atoms with van der Waals surface area (Å²) >= 11 is 7.03. The summed E-state index contributed by atoms with van der Waals surface area (Å²) in [5.41, 5.74) is 1.06. The van der Waals surface area contributed by atoms with Gasteiger partial charge in [0.1, 0.15) is 0 Å². The van der Waals surface area contributed by atoms with Crippen LogP contribution in [-0.4, -0.2) is 19.3 Å². The molecule has 2 atom stereocenters. The van der Waals surface area contributed by atoms with Gasteiger partial charge in [-0.3, -0.25) is 0 Å². The minimum absolute atomic E-state index is 0.170. The van der Waals surface area contributed by atoms with Gasteiger partial charge in [-0.05, 0) is 57.8 Å². The molecule has 2 nitrogen and oxygen atoms in total. The van der Waals surface area contributed by atoms with Crippen LogP contribution in [0, 0.1) is 0 Å². The maximum Gasteiger partial charge on any atom is 0.0741 e. The third-order valence-corrected chi connectivity index (χ3v) is 3.73. The maximum absolute atomic E-state index is 5.27. The van der Waals surface area contributed by atoms with Crippen molar-refractivity contribution in [3.05, 3.63) is 27.1 Å². The number of rotatable bonds is 4. The van der Waals surface area contributed by atoms with Crippen molar-refractivity contribution >= 4 is 37.5 Å². The van der Waals surface area contributed by atoms with E-state index in [0.29, 0.717) is 0 Å². The van der Waals surface area contributed by atoms with E-state index in [9.17, 15) is 0 Å². The van der Waals surface area contributed by atoms with Crippen LogP contribution < -0.4 is 5.32 Å². The summed E-state index contributed by atoms with van der Waals surface area (Å²) in [7, 11) is 1.72. The molecule has 0 aliphatic carbocycles. The zero-order chi connectivity index (χ0) is 11.4. The molecule has 0 aliphatic heterocycles. The molecule has 0 saturated heterocycles. The first-order valence-corrected chi connectivity index (χ1v) is 6.38. The summed E-state index contributed by atoms with van der Waals surface area (Å²) in [4.78, 5) is 0. The predicted octanol–water partition coefficient (Wildman–Crippen LogP) is 4.05. The Hall–Kier alpha value is -0.0600. The summed E-state index contributed by atoms with van der Waals surface area (Å²) in [6, 6.07) is 6.27. The SMILES string of the molecule is COC(C)C(C)Nc1c(Br)cccc1Br. The molecule has 0 radical (unpaired) electrons. The minimum Gasteiger partial charge on any atom is -0.380 e. The van der Waals surface area contributed by atoms with E-state index in [1.54, 1.807) is 7.11 Å².